The molecule has 0 aromatic heterocycles. The van der Waals surface area contributed by atoms with Gasteiger partial charge in [-0.3, -0.25) is 0 Å². The quantitative estimate of drug-likeness (QED) is 0.534. The monoisotopic (exact) mass is 212 g/mol. The Balaban J connectivity index is 2.44. The Hall–Kier alpha value is 1.40. The molecule has 10 heavy (non-hydrogen) atoms. The maximum Gasteiger partial charge on any atom is 0.0439 e. The van der Waals surface area contributed by atoms with Crippen LogP contribution in [0.5, 0.6) is 0 Å². The Morgan fingerprint density at radius 1 is 1.30 bits per heavy atom. The third-order valence-electron chi connectivity index (χ3n) is 1.67. The van der Waals surface area contributed by atoms with Crippen LogP contribution in [0.3, 0.4) is 0 Å². The number of thiol groups is 2. The predicted molar refractivity (Wildman–Crippen MR) is 59.7 cm³/mol. The molecular formula is C6H12S4. The molecule has 1 rings (SSSR count). The molecule has 0 N–H and O–H groups in total. The second kappa shape index (κ2) is 4.43. The standard InChI is InChI=1S/C6H12S4/c7-4-6(5-8)2-1-3-9-10-6/h7-8H,1-5H2. The van der Waals surface area contributed by atoms with Gasteiger partial charge in [0.25, 0.3) is 0 Å². The van der Waals surface area contributed by atoms with Crippen LogP contribution in [0.15, 0.2) is 0 Å². The van der Waals surface area contributed by atoms with Crippen molar-refractivity contribution in [3.05, 3.63) is 0 Å². The maximum absolute atomic E-state index is 4.35. The van der Waals surface area contributed by atoms with Crippen molar-refractivity contribution in [1.82, 2.24) is 0 Å². The van der Waals surface area contributed by atoms with Gasteiger partial charge in [0.1, 0.15) is 0 Å². The molecular weight excluding hydrogens is 200 g/mol. The van der Waals surface area contributed by atoms with Crippen molar-refractivity contribution >= 4 is 46.8 Å². The fraction of sp³-hybridized carbons (Fsp3) is 1.00. The van der Waals surface area contributed by atoms with Gasteiger partial charge in [-0.25, -0.2) is 0 Å². The minimum absolute atomic E-state index is 0.370. The summed E-state index contributed by atoms with van der Waals surface area (Å²) in [5, 5.41) is 0. The van der Waals surface area contributed by atoms with Gasteiger partial charge in [0, 0.05) is 22.0 Å². The lowest BCUT2D eigenvalue weighted by molar-refractivity contribution is 0.650. The van der Waals surface area contributed by atoms with E-state index in [0.29, 0.717) is 4.75 Å². The van der Waals surface area contributed by atoms with Gasteiger partial charge < -0.3 is 0 Å². The Morgan fingerprint density at radius 3 is 2.30 bits per heavy atom. The van der Waals surface area contributed by atoms with Crippen LogP contribution in [0.1, 0.15) is 12.8 Å². The molecule has 1 aliphatic rings. The van der Waals surface area contributed by atoms with Crippen LogP contribution in [-0.4, -0.2) is 22.0 Å². The highest BCUT2D eigenvalue weighted by atomic mass is 33.1. The Labute approximate surface area is 81.5 Å². The fourth-order valence-electron chi connectivity index (χ4n) is 0.922. The van der Waals surface area contributed by atoms with E-state index in [1.54, 1.807) is 0 Å². The second-order valence-electron chi connectivity index (χ2n) is 2.51. The highest BCUT2D eigenvalue weighted by molar-refractivity contribution is 8.77. The topological polar surface area (TPSA) is 0 Å². The predicted octanol–water partition coefficient (Wildman–Crippen LogP) is 2.76. The molecule has 0 atom stereocenters. The average molecular weight is 212 g/mol. The summed E-state index contributed by atoms with van der Waals surface area (Å²) in [6, 6.07) is 0. The second-order valence-corrected chi connectivity index (χ2v) is 6.02. The first kappa shape index (κ1) is 9.49. The SMILES string of the molecule is SCC1(CS)CCCSS1. The molecule has 0 unspecified atom stereocenters. The summed E-state index contributed by atoms with van der Waals surface area (Å²) in [4.78, 5) is 0. The number of hydrogen-bond donors (Lipinski definition) is 2. The first-order chi connectivity index (χ1) is 4.83. The minimum Gasteiger partial charge on any atom is -0.178 e. The maximum atomic E-state index is 4.35. The van der Waals surface area contributed by atoms with E-state index in [9.17, 15) is 0 Å². The summed E-state index contributed by atoms with van der Waals surface area (Å²) >= 11 is 8.69. The van der Waals surface area contributed by atoms with Crippen molar-refractivity contribution in [2.45, 2.75) is 17.6 Å². The molecule has 1 heterocycles. The zero-order chi connectivity index (χ0) is 7.45. The highest BCUT2D eigenvalue weighted by Gasteiger charge is 2.30. The molecule has 0 radical (unpaired) electrons. The fourth-order valence-corrected chi connectivity index (χ4v) is 5.44. The van der Waals surface area contributed by atoms with Crippen molar-refractivity contribution in [1.29, 1.82) is 0 Å². The minimum atomic E-state index is 0.370. The van der Waals surface area contributed by atoms with Gasteiger partial charge >= 0.3 is 0 Å². The molecule has 1 aliphatic heterocycles. The Kier molecular flexibility index (Phi) is 4.20. The summed E-state index contributed by atoms with van der Waals surface area (Å²) in [6.45, 7) is 0. The molecule has 1 fully saturated rings. The van der Waals surface area contributed by atoms with E-state index in [0.717, 1.165) is 11.5 Å². The van der Waals surface area contributed by atoms with Crippen molar-refractivity contribution in [3.63, 3.8) is 0 Å². The lowest BCUT2D eigenvalue weighted by atomic mass is 10.1. The van der Waals surface area contributed by atoms with Crippen LogP contribution in [0.25, 0.3) is 0 Å². The van der Waals surface area contributed by atoms with E-state index in [1.807, 2.05) is 21.6 Å². The van der Waals surface area contributed by atoms with E-state index in [4.69, 9.17) is 0 Å². The van der Waals surface area contributed by atoms with E-state index in [-0.39, 0.29) is 0 Å². The van der Waals surface area contributed by atoms with Gasteiger partial charge in [0.05, 0.1) is 0 Å². The largest absolute Gasteiger partial charge is 0.178 e. The average Bonchev–Trinajstić information content (AvgIpc) is 2.06. The van der Waals surface area contributed by atoms with Gasteiger partial charge in [-0.15, -0.1) is 0 Å². The van der Waals surface area contributed by atoms with Gasteiger partial charge in [0.15, 0.2) is 0 Å². The van der Waals surface area contributed by atoms with E-state index < -0.39 is 0 Å². The van der Waals surface area contributed by atoms with Crippen LogP contribution in [0, 0.1) is 0 Å². The van der Waals surface area contributed by atoms with Crippen LogP contribution >= 0.6 is 46.8 Å². The number of hydrogen-bond acceptors (Lipinski definition) is 4. The third-order valence-corrected chi connectivity index (χ3v) is 6.64. The molecule has 1 saturated heterocycles. The molecule has 0 saturated carbocycles. The van der Waals surface area contributed by atoms with E-state index in [2.05, 4.69) is 25.3 Å². The summed E-state index contributed by atoms with van der Waals surface area (Å²) in [5.41, 5.74) is 0. The summed E-state index contributed by atoms with van der Waals surface area (Å²) in [5.74, 6) is 3.23. The zero-order valence-electron chi connectivity index (χ0n) is 5.75. The highest BCUT2D eigenvalue weighted by Crippen LogP contribution is 2.45. The van der Waals surface area contributed by atoms with Gasteiger partial charge in [-0.05, 0) is 12.8 Å². The normalized spacial score (nSPS) is 24.6. The summed E-state index contributed by atoms with van der Waals surface area (Å²) < 4.78 is 0.370. The first-order valence-electron chi connectivity index (χ1n) is 3.35. The summed E-state index contributed by atoms with van der Waals surface area (Å²) in [7, 11) is 3.94. The Morgan fingerprint density at radius 2 is 2.00 bits per heavy atom. The summed E-state index contributed by atoms with van der Waals surface area (Å²) in [6.07, 6.45) is 2.62. The van der Waals surface area contributed by atoms with Crippen LogP contribution < -0.4 is 0 Å². The molecule has 0 amide bonds. The molecule has 0 bridgehead atoms. The van der Waals surface area contributed by atoms with Crippen molar-refractivity contribution in [2.75, 3.05) is 17.3 Å². The van der Waals surface area contributed by atoms with Crippen LogP contribution in [0.2, 0.25) is 0 Å². The van der Waals surface area contributed by atoms with Crippen molar-refractivity contribution in [2.24, 2.45) is 0 Å². The van der Waals surface area contributed by atoms with Gasteiger partial charge in [-0.1, -0.05) is 21.6 Å². The number of rotatable bonds is 2. The Bertz CT molecular complexity index is 91.9. The molecule has 0 aromatic rings. The molecule has 0 nitrogen and oxygen atoms in total. The molecule has 60 valence electrons. The lowest BCUT2D eigenvalue weighted by Gasteiger charge is -2.32. The lowest BCUT2D eigenvalue weighted by Crippen LogP contribution is -2.30. The van der Waals surface area contributed by atoms with Gasteiger partial charge in [0.2, 0.25) is 0 Å². The van der Waals surface area contributed by atoms with Crippen molar-refractivity contribution < 1.29 is 0 Å². The molecule has 0 spiro atoms. The van der Waals surface area contributed by atoms with E-state index >= 15 is 0 Å². The first-order valence-corrected chi connectivity index (χ1v) is 6.94. The van der Waals surface area contributed by atoms with Crippen molar-refractivity contribution in [3.8, 4) is 0 Å². The zero-order valence-corrected chi connectivity index (χ0v) is 9.17. The van der Waals surface area contributed by atoms with Crippen LogP contribution in [0.4, 0.5) is 0 Å². The molecule has 0 aliphatic carbocycles. The van der Waals surface area contributed by atoms with Crippen LogP contribution in [-0.2, 0) is 0 Å². The third kappa shape index (κ3) is 2.19. The van der Waals surface area contributed by atoms with E-state index in [1.165, 1.54) is 18.6 Å². The molecule has 0 aromatic carbocycles. The smallest absolute Gasteiger partial charge is 0.0439 e. The van der Waals surface area contributed by atoms with Gasteiger partial charge in [-0.2, -0.15) is 25.3 Å². The molecule has 4 heteroatoms.